The molecule has 0 aromatic carbocycles. The highest BCUT2D eigenvalue weighted by atomic mass is 16.7. The number of rotatable bonds is 2. The highest BCUT2D eigenvalue weighted by Gasteiger charge is 2.68. The molecule has 1 heterocycles. The molecule has 0 unspecified atom stereocenters. The van der Waals surface area contributed by atoms with Crippen LogP contribution in [-0.2, 0) is 9.31 Å². The van der Waals surface area contributed by atoms with Crippen LogP contribution >= 0.6 is 0 Å². The van der Waals surface area contributed by atoms with Crippen molar-refractivity contribution in [3.05, 3.63) is 0 Å². The molecule has 4 rings (SSSR count). The Kier molecular flexibility index (Phi) is 2.46. The first-order valence-electron chi connectivity index (χ1n) is 6.98. The third-order valence-corrected chi connectivity index (χ3v) is 5.79. The predicted molar refractivity (Wildman–Crippen MR) is 68.4 cm³/mol. The van der Waals surface area contributed by atoms with E-state index in [0.717, 1.165) is 18.8 Å². The van der Waals surface area contributed by atoms with Crippen LogP contribution in [0.15, 0.2) is 0 Å². The number of hydrogen-bond acceptors (Lipinski definition) is 3. The van der Waals surface area contributed by atoms with Gasteiger partial charge >= 0.3 is 7.12 Å². The molecular weight excluding hydrogens is 213 g/mol. The second-order valence-corrected chi connectivity index (χ2v) is 6.91. The quantitative estimate of drug-likeness (QED) is 0.747. The Bertz CT molecular complexity index is 335. The summed E-state index contributed by atoms with van der Waals surface area (Å²) in [5.41, 5.74) is 6.38. The van der Waals surface area contributed by atoms with Gasteiger partial charge in [-0.1, -0.05) is 20.8 Å². The minimum absolute atomic E-state index is 0.0118. The summed E-state index contributed by atoms with van der Waals surface area (Å²) < 4.78 is 12.3. The number of nitrogens with two attached hydrogens (primary N) is 1. The summed E-state index contributed by atoms with van der Waals surface area (Å²) in [4.78, 5) is 0. The van der Waals surface area contributed by atoms with Crippen LogP contribution in [0.4, 0.5) is 0 Å². The molecule has 2 N–H and O–H groups in total. The van der Waals surface area contributed by atoms with Crippen LogP contribution in [0.25, 0.3) is 0 Å². The highest BCUT2D eigenvalue weighted by Crippen LogP contribution is 2.65. The summed E-state index contributed by atoms with van der Waals surface area (Å²) in [5.74, 6) is 1.45. The van der Waals surface area contributed by atoms with Crippen LogP contribution in [0.1, 0.15) is 47.0 Å². The highest BCUT2D eigenvalue weighted by molar-refractivity contribution is 6.47. The molecule has 0 aromatic heterocycles. The average Bonchev–Trinajstić information content (AvgIpc) is 2.64. The van der Waals surface area contributed by atoms with Crippen LogP contribution in [0.2, 0.25) is 0 Å². The van der Waals surface area contributed by atoms with Gasteiger partial charge in [0, 0.05) is 5.94 Å². The Labute approximate surface area is 105 Å². The summed E-state index contributed by atoms with van der Waals surface area (Å²) >= 11 is 0. The zero-order chi connectivity index (χ0) is 12.4. The van der Waals surface area contributed by atoms with E-state index in [1.807, 2.05) is 0 Å². The third-order valence-electron chi connectivity index (χ3n) is 5.79. The molecule has 4 aliphatic rings. The molecule has 0 radical (unpaired) electrons. The molecule has 17 heavy (non-hydrogen) atoms. The van der Waals surface area contributed by atoms with Crippen molar-refractivity contribution >= 4 is 7.12 Å². The van der Waals surface area contributed by atoms with E-state index in [1.54, 1.807) is 0 Å². The second-order valence-electron chi connectivity index (χ2n) is 6.91. The maximum absolute atomic E-state index is 6.24. The minimum Gasteiger partial charge on any atom is -0.404 e. The first-order chi connectivity index (χ1) is 7.89. The van der Waals surface area contributed by atoms with Crippen molar-refractivity contribution in [1.82, 2.24) is 0 Å². The van der Waals surface area contributed by atoms with Gasteiger partial charge in [0.15, 0.2) is 0 Å². The summed E-state index contributed by atoms with van der Waals surface area (Å²) in [5, 5.41) is 0. The van der Waals surface area contributed by atoms with Crippen molar-refractivity contribution in [2.75, 3.05) is 0 Å². The molecule has 3 nitrogen and oxygen atoms in total. The SMILES string of the molecule is CC[C@H](N)B1O[C@@H]2C[C@H]3C[C@H](C3(C)C)[C@]2(C)O1. The van der Waals surface area contributed by atoms with Crippen molar-refractivity contribution < 1.29 is 9.31 Å². The Balaban J connectivity index is 1.82. The van der Waals surface area contributed by atoms with Gasteiger partial charge in [-0.05, 0) is 43.4 Å². The first-order valence-corrected chi connectivity index (χ1v) is 6.98. The summed E-state index contributed by atoms with van der Waals surface area (Å²) in [6.45, 7) is 9.08. The smallest absolute Gasteiger partial charge is 0.404 e. The number of hydrogen-bond donors (Lipinski definition) is 1. The van der Waals surface area contributed by atoms with Crippen molar-refractivity contribution in [3.8, 4) is 0 Å². The van der Waals surface area contributed by atoms with Crippen molar-refractivity contribution in [2.45, 2.75) is 64.6 Å². The van der Waals surface area contributed by atoms with Crippen LogP contribution in [-0.4, -0.2) is 24.8 Å². The molecule has 0 aromatic rings. The zero-order valence-corrected chi connectivity index (χ0v) is 11.4. The molecule has 2 bridgehead atoms. The molecule has 96 valence electrons. The van der Waals surface area contributed by atoms with Gasteiger partial charge in [0.1, 0.15) is 0 Å². The molecule has 4 fully saturated rings. The van der Waals surface area contributed by atoms with Gasteiger partial charge in [0.25, 0.3) is 0 Å². The summed E-state index contributed by atoms with van der Waals surface area (Å²) in [6, 6.07) is 0. The Morgan fingerprint density at radius 2 is 2.06 bits per heavy atom. The van der Waals surface area contributed by atoms with Crippen molar-refractivity contribution in [1.29, 1.82) is 0 Å². The van der Waals surface area contributed by atoms with Gasteiger partial charge < -0.3 is 15.0 Å². The summed E-state index contributed by atoms with van der Waals surface area (Å²) in [6.07, 6.45) is 3.62. The van der Waals surface area contributed by atoms with E-state index in [-0.39, 0.29) is 24.8 Å². The van der Waals surface area contributed by atoms with Gasteiger partial charge in [0.05, 0.1) is 11.7 Å². The molecule has 4 heteroatoms. The molecule has 1 saturated heterocycles. The van der Waals surface area contributed by atoms with Crippen LogP contribution in [0.3, 0.4) is 0 Å². The van der Waals surface area contributed by atoms with Crippen molar-refractivity contribution in [3.63, 3.8) is 0 Å². The topological polar surface area (TPSA) is 44.5 Å². The maximum atomic E-state index is 6.24. The lowest BCUT2D eigenvalue weighted by Gasteiger charge is -2.64. The van der Waals surface area contributed by atoms with Gasteiger partial charge in [-0.3, -0.25) is 0 Å². The second kappa shape index (κ2) is 3.49. The largest absolute Gasteiger partial charge is 0.475 e. The fourth-order valence-corrected chi connectivity index (χ4v) is 4.27. The molecule has 3 saturated carbocycles. The Hall–Kier alpha value is -0.0551. The molecule has 3 aliphatic carbocycles. The fraction of sp³-hybridized carbons (Fsp3) is 1.00. The lowest BCUT2D eigenvalue weighted by molar-refractivity contribution is -0.199. The van der Waals surface area contributed by atoms with E-state index in [1.165, 1.54) is 6.42 Å². The van der Waals surface area contributed by atoms with E-state index in [9.17, 15) is 0 Å². The third kappa shape index (κ3) is 1.41. The van der Waals surface area contributed by atoms with E-state index in [0.29, 0.717) is 11.3 Å². The van der Waals surface area contributed by atoms with Crippen LogP contribution in [0, 0.1) is 17.3 Å². The molecular formula is C13H24BNO2. The monoisotopic (exact) mass is 237 g/mol. The predicted octanol–water partition coefficient (Wildman–Crippen LogP) is 1.99. The molecule has 0 spiro atoms. The minimum atomic E-state index is -0.190. The van der Waals surface area contributed by atoms with Crippen LogP contribution in [0.5, 0.6) is 0 Å². The normalized spacial score (nSPS) is 48.5. The van der Waals surface area contributed by atoms with Gasteiger partial charge in [-0.15, -0.1) is 0 Å². The lowest BCUT2D eigenvalue weighted by Crippen LogP contribution is -2.65. The average molecular weight is 237 g/mol. The summed E-state index contributed by atoms with van der Waals surface area (Å²) in [7, 11) is -0.190. The van der Waals surface area contributed by atoms with E-state index in [4.69, 9.17) is 15.0 Å². The maximum Gasteiger partial charge on any atom is 0.475 e. The van der Waals surface area contributed by atoms with Gasteiger partial charge in [-0.25, -0.2) is 0 Å². The lowest BCUT2D eigenvalue weighted by atomic mass is 9.43. The standard InChI is InChI=1S/C13H24BNO2/c1-5-11(15)14-16-10-7-8-6-9(12(8,2)3)13(10,4)17-14/h8-11H,5-7,15H2,1-4H3/t8-,9-,10-,11+,13+/m1/s1. The first kappa shape index (κ1) is 12.0. The van der Waals surface area contributed by atoms with Crippen LogP contribution < -0.4 is 5.73 Å². The zero-order valence-electron chi connectivity index (χ0n) is 11.4. The Morgan fingerprint density at radius 3 is 2.65 bits per heavy atom. The van der Waals surface area contributed by atoms with E-state index < -0.39 is 0 Å². The Morgan fingerprint density at radius 1 is 1.35 bits per heavy atom. The molecule has 0 amide bonds. The molecule has 1 aliphatic heterocycles. The van der Waals surface area contributed by atoms with Gasteiger partial charge in [-0.2, -0.15) is 0 Å². The fourth-order valence-electron chi connectivity index (χ4n) is 4.27. The molecule has 5 atom stereocenters. The van der Waals surface area contributed by atoms with E-state index >= 15 is 0 Å². The van der Waals surface area contributed by atoms with E-state index in [2.05, 4.69) is 27.7 Å². The van der Waals surface area contributed by atoms with Gasteiger partial charge in [0.2, 0.25) is 0 Å². The van der Waals surface area contributed by atoms with Crippen molar-refractivity contribution in [2.24, 2.45) is 23.0 Å².